The van der Waals surface area contributed by atoms with Gasteiger partial charge in [0, 0.05) is 16.6 Å². The zero-order chi connectivity index (χ0) is 11.7. The first-order chi connectivity index (χ1) is 8.34. The average Bonchev–Trinajstić information content (AvgIpc) is 2.39. The summed E-state index contributed by atoms with van der Waals surface area (Å²) in [4.78, 5) is 0. The van der Waals surface area contributed by atoms with Gasteiger partial charge in [-0.1, -0.05) is 36.4 Å². The Hall–Kier alpha value is -0.800. The summed E-state index contributed by atoms with van der Waals surface area (Å²) in [5, 5.41) is 2.50. The van der Waals surface area contributed by atoms with Crippen molar-refractivity contribution in [2.24, 2.45) is 0 Å². The van der Waals surface area contributed by atoms with Crippen LogP contribution in [-0.2, 0) is 10.8 Å². The summed E-state index contributed by atoms with van der Waals surface area (Å²) in [6.45, 7) is 0. The summed E-state index contributed by atoms with van der Waals surface area (Å²) >= 11 is 1.83. The third-order valence-corrected chi connectivity index (χ3v) is 6.64. The molecule has 1 fully saturated rings. The molecule has 1 aliphatic rings. The van der Waals surface area contributed by atoms with Gasteiger partial charge in [-0.3, -0.25) is 4.21 Å². The SMILES string of the molecule is O=S1CCCSC1c1ccc2ccccc2c1. The normalized spacial score (nSPS) is 24.9. The van der Waals surface area contributed by atoms with Gasteiger partial charge in [0.2, 0.25) is 0 Å². The first kappa shape index (κ1) is 11.3. The quantitative estimate of drug-likeness (QED) is 0.779. The van der Waals surface area contributed by atoms with Gasteiger partial charge in [0.05, 0.1) is 0 Å². The van der Waals surface area contributed by atoms with Gasteiger partial charge in [0.25, 0.3) is 0 Å². The van der Waals surface area contributed by atoms with Gasteiger partial charge >= 0.3 is 0 Å². The molecule has 1 nitrogen and oxygen atoms in total. The maximum atomic E-state index is 12.0. The molecule has 1 saturated heterocycles. The topological polar surface area (TPSA) is 17.1 Å². The third-order valence-electron chi connectivity index (χ3n) is 3.04. The van der Waals surface area contributed by atoms with Crippen LogP contribution < -0.4 is 0 Å². The second kappa shape index (κ2) is 4.83. The molecular formula is C14H14OS2. The van der Waals surface area contributed by atoms with E-state index in [9.17, 15) is 4.21 Å². The minimum Gasteiger partial charge on any atom is -0.258 e. The van der Waals surface area contributed by atoms with Gasteiger partial charge in [-0.05, 0) is 34.6 Å². The van der Waals surface area contributed by atoms with E-state index >= 15 is 0 Å². The van der Waals surface area contributed by atoms with Crippen molar-refractivity contribution < 1.29 is 4.21 Å². The van der Waals surface area contributed by atoms with Gasteiger partial charge < -0.3 is 0 Å². The minimum absolute atomic E-state index is 0.174. The molecule has 2 aromatic carbocycles. The lowest BCUT2D eigenvalue weighted by molar-refractivity contribution is 0.679. The fourth-order valence-electron chi connectivity index (χ4n) is 2.18. The standard InChI is InChI=1S/C14H14OS2/c15-17-9-3-8-16-14(17)13-7-6-11-4-1-2-5-12(11)10-13/h1-2,4-7,10,14H,3,8-9H2. The van der Waals surface area contributed by atoms with E-state index in [2.05, 4.69) is 42.5 Å². The highest BCUT2D eigenvalue weighted by atomic mass is 32.2. The molecule has 0 aliphatic carbocycles. The van der Waals surface area contributed by atoms with Crippen molar-refractivity contribution in [1.82, 2.24) is 0 Å². The predicted octanol–water partition coefficient (Wildman–Crippen LogP) is 3.72. The molecule has 0 radical (unpaired) electrons. The van der Waals surface area contributed by atoms with E-state index in [1.165, 1.54) is 16.3 Å². The molecule has 0 spiro atoms. The van der Waals surface area contributed by atoms with Gasteiger partial charge in [0.1, 0.15) is 4.58 Å². The number of thioether (sulfide) groups is 1. The summed E-state index contributed by atoms with van der Waals surface area (Å²) in [5.74, 6) is 1.98. The number of rotatable bonds is 1. The summed E-state index contributed by atoms with van der Waals surface area (Å²) in [6.07, 6.45) is 1.08. The van der Waals surface area contributed by atoms with Crippen molar-refractivity contribution in [2.45, 2.75) is 11.0 Å². The largest absolute Gasteiger partial charge is 0.258 e. The van der Waals surface area contributed by atoms with Crippen molar-refractivity contribution >= 4 is 33.3 Å². The average molecular weight is 262 g/mol. The number of fused-ring (bicyclic) bond motifs is 1. The molecule has 0 aromatic heterocycles. The van der Waals surface area contributed by atoms with E-state index in [1.807, 2.05) is 11.8 Å². The van der Waals surface area contributed by atoms with Gasteiger partial charge in [-0.25, -0.2) is 0 Å². The zero-order valence-electron chi connectivity index (χ0n) is 9.46. The smallest absolute Gasteiger partial charge is 0.105 e. The van der Waals surface area contributed by atoms with Crippen LogP contribution in [0.25, 0.3) is 10.8 Å². The summed E-state index contributed by atoms with van der Waals surface area (Å²) in [5.41, 5.74) is 1.21. The van der Waals surface area contributed by atoms with Crippen molar-refractivity contribution in [2.75, 3.05) is 11.5 Å². The molecule has 0 amide bonds. The molecule has 2 unspecified atom stereocenters. The molecule has 3 heteroatoms. The van der Waals surface area contributed by atoms with Crippen LogP contribution in [0.4, 0.5) is 0 Å². The van der Waals surface area contributed by atoms with Gasteiger partial charge in [0.15, 0.2) is 0 Å². The van der Waals surface area contributed by atoms with E-state index in [0.29, 0.717) is 0 Å². The minimum atomic E-state index is -0.709. The zero-order valence-corrected chi connectivity index (χ0v) is 11.1. The lowest BCUT2D eigenvalue weighted by atomic mass is 10.1. The molecule has 3 rings (SSSR count). The van der Waals surface area contributed by atoms with Crippen molar-refractivity contribution in [1.29, 1.82) is 0 Å². The molecule has 1 aliphatic heterocycles. The molecule has 0 bridgehead atoms. The van der Waals surface area contributed by atoms with Crippen LogP contribution in [0.5, 0.6) is 0 Å². The van der Waals surface area contributed by atoms with E-state index < -0.39 is 10.8 Å². The summed E-state index contributed by atoms with van der Waals surface area (Å²) in [6, 6.07) is 14.8. The van der Waals surface area contributed by atoms with Crippen LogP contribution in [0.15, 0.2) is 42.5 Å². The molecule has 2 aromatic rings. The summed E-state index contributed by atoms with van der Waals surface area (Å²) < 4.78 is 12.2. The number of hydrogen-bond acceptors (Lipinski definition) is 2. The van der Waals surface area contributed by atoms with Crippen LogP contribution in [0, 0.1) is 0 Å². The third kappa shape index (κ3) is 2.26. The molecule has 88 valence electrons. The first-order valence-corrected chi connectivity index (χ1v) is 8.25. The summed E-state index contributed by atoms with van der Waals surface area (Å²) in [7, 11) is -0.709. The highest BCUT2D eigenvalue weighted by Crippen LogP contribution is 2.37. The van der Waals surface area contributed by atoms with Crippen LogP contribution in [0.2, 0.25) is 0 Å². The van der Waals surface area contributed by atoms with E-state index in [1.54, 1.807) is 0 Å². The Morgan fingerprint density at radius 2 is 1.94 bits per heavy atom. The molecule has 0 saturated carbocycles. The lowest BCUT2D eigenvalue weighted by Crippen LogP contribution is -2.13. The van der Waals surface area contributed by atoms with Crippen LogP contribution in [-0.4, -0.2) is 15.7 Å². The number of benzene rings is 2. The Morgan fingerprint density at radius 3 is 2.76 bits per heavy atom. The Kier molecular flexibility index (Phi) is 3.21. The second-order valence-electron chi connectivity index (χ2n) is 4.25. The van der Waals surface area contributed by atoms with Crippen molar-refractivity contribution in [3.05, 3.63) is 48.0 Å². The monoisotopic (exact) mass is 262 g/mol. The highest BCUT2D eigenvalue weighted by molar-refractivity contribution is 8.11. The molecule has 0 N–H and O–H groups in total. The Labute approximate surface area is 108 Å². The highest BCUT2D eigenvalue weighted by Gasteiger charge is 2.23. The van der Waals surface area contributed by atoms with Gasteiger partial charge in [-0.2, -0.15) is 0 Å². The fraction of sp³-hybridized carbons (Fsp3) is 0.286. The molecule has 1 heterocycles. The number of hydrogen-bond donors (Lipinski definition) is 0. The van der Waals surface area contributed by atoms with Crippen LogP contribution in [0.1, 0.15) is 16.6 Å². The maximum Gasteiger partial charge on any atom is 0.105 e. The van der Waals surface area contributed by atoms with Crippen molar-refractivity contribution in [3.63, 3.8) is 0 Å². The Morgan fingerprint density at radius 1 is 1.12 bits per heavy atom. The fourth-order valence-corrected chi connectivity index (χ4v) is 5.50. The molecule has 2 atom stereocenters. The van der Waals surface area contributed by atoms with E-state index in [-0.39, 0.29) is 4.58 Å². The van der Waals surface area contributed by atoms with E-state index in [4.69, 9.17) is 0 Å². The Bertz CT molecular complexity index is 565. The maximum absolute atomic E-state index is 12.0. The van der Waals surface area contributed by atoms with E-state index in [0.717, 1.165) is 17.9 Å². The predicted molar refractivity (Wildman–Crippen MR) is 76.8 cm³/mol. The lowest BCUT2D eigenvalue weighted by Gasteiger charge is -2.21. The molecular weight excluding hydrogens is 248 g/mol. The van der Waals surface area contributed by atoms with Crippen molar-refractivity contribution in [3.8, 4) is 0 Å². The van der Waals surface area contributed by atoms with Gasteiger partial charge in [-0.15, -0.1) is 11.8 Å². The van der Waals surface area contributed by atoms with Crippen LogP contribution in [0.3, 0.4) is 0 Å². The molecule has 17 heavy (non-hydrogen) atoms. The Balaban J connectivity index is 2.02. The van der Waals surface area contributed by atoms with Crippen LogP contribution >= 0.6 is 11.8 Å². The second-order valence-corrected chi connectivity index (χ2v) is 7.40. The first-order valence-electron chi connectivity index (χ1n) is 5.82.